The number of pyridine rings is 1. The molecule has 0 aliphatic rings. The van der Waals surface area contributed by atoms with Crippen LogP contribution in [-0.4, -0.2) is 31.1 Å². The molecule has 1 heterocycles. The zero-order valence-corrected chi connectivity index (χ0v) is 11.2. The van der Waals surface area contributed by atoms with E-state index < -0.39 is 0 Å². The quantitative estimate of drug-likeness (QED) is 0.878. The summed E-state index contributed by atoms with van der Waals surface area (Å²) in [6.45, 7) is 1.79. The molecule has 1 unspecified atom stereocenters. The highest BCUT2D eigenvalue weighted by Crippen LogP contribution is 2.29. The molecule has 0 aliphatic heterocycles. The summed E-state index contributed by atoms with van der Waals surface area (Å²) in [6.07, 6.45) is 1.70. The molecule has 1 aromatic carbocycles. The van der Waals surface area contributed by atoms with Gasteiger partial charge in [0.05, 0.1) is 7.11 Å². The van der Waals surface area contributed by atoms with Crippen molar-refractivity contribution in [1.82, 2.24) is 10.3 Å². The van der Waals surface area contributed by atoms with Gasteiger partial charge in [0.2, 0.25) is 5.91 Å². The Morgan fingerprint density at radius 3 is 2.79 bits per heavy atom. The highest BCUT2D eigenvalue weighted by atomic mass is 16.5. The van der Waals surface area contributed by atoms with Crippen LogP contribution in [0.2, 0.25) is 0 Å². The first kappa shape index (κ1) is 13.1. The summed E-state index contributed by atoms with van der Waals surface area (Å²) < 4.78 is 5.32. The Morgan fingerprint density at radius 2 is 2.11 bits per heavy atom. The van der Waals surface area contributed by atoms with Gasteiger partial charge in [-0.15, -0.1) is 0 Å². The zero-order valence-electron chi connectivity index (χ0n) is 11.2. The number of carbonyl (C=O) groups is 1. The number of benzene rings is 1. The van der Waals surface area contributed by atoms with Crippen LogP contribution >= 0.6 is 0 Å². The lowest BCUT2D eigenvalue weighted by Gasteiger charge is -2.15. The number of amides is 1. The number of hydrogen-bond donors (Lipinski definition) is 2. The lowest BCUT2D eigenvalue weighted by Crippen LogP contribution is -2.35. The minimum atomic E-state index is -0.352. The van der Waals surface area contributed by atoms with Crippen molar-refractivity contribution in [3.05, 3.63) is 30.5 Å². The van der Waals surface area contributed by atoms with E-state index in [1.807, 2.05) is 24.3 Å². The van der Waals surface area contributed by atoms with E-state index in [9.17, 15) is 4.79 Å². The maximum Gasteiger partial charge on any atom is 0.241 e. The molecule has 5 heteroatoms. The monoisotopic (exact) mass is 259 g/mol. The van der Waals surface area contributed by atoms with E-state index >= 15 is 0 Å². The van der Waals surface area contributed by atoms with Crippen LogP contribution in [0.25, 0.3) is 10.8 Å². The van der Waals surface area contributed by atoms with Crippen LogP contribution < -0.4 is 15.4 Å². The molecule has 2 aromatic rings. The summed E-state index contributed by atoms with van der Waals surface area (Å²) in [5.74, 6) is 1.38. The van der Waals surface area contributed by atoms with E-state index in [-0.39, 0.29) is 11.9 Å². The molecule has 2 rings (SSSR count). The van der Waals surface area contributed by atoms with Gasteiger partial charge in [-0.1, -0.05) is 12.1 Å². The molecule has 5 nitrogen and oxygen atoms in total. The molecular formula is C14H17N3O2. The second kappa shape index (κ2) is 5.56. The van der Waals surface area contributed by atoms with Crippen molar-refractivity contribution in [3.63, 3.8) is 0 Å². The van der Waals surface area contributed by atoms with E-state index in [2.05, 4.69) is 15.6 Å². The third-order valence-electron chi connectivity index (χ3n) is 2.98. The molecule has 19 heavy (non-hydrogen) atoms. The third kappa shape index (κ3) is 2.59. The van der Waals surface area contributed by atoms with Gasteiger partial charge in [-0.25, -0.2) is 4.98 Å². The van der Waals surface area contributed by atoms with Crippen molar-refractivity contribution in [2.45, 2.75) is 13.0 Å². The number of nitrogens with zero attached hydrogens (tertiary/aromatic N) is 1. The number of anilines is 1. The molecule has 0 spiro atoms. The van der Waals surface area contributed by atoms with Crippen LogP contribution in [-0.2, 0) is 4.79 Å². The normalized spacial score (nSPS) is 11.9. The second-order valence-corrected chi connectivity index (χ2v) is 4.20. The lowest BCUT2D eigenvalue weighted by atomic mass is 10.1. The molecule has 1 amide bonds. The third-order valence-corrected chi connectivity index (χ3v) is 2.98. The topological polar surface area (TPSA) is 63.2 Å². The Morgan fingerprint density at radius 1 is 1.32 bits per heavy atom. The predicted molar refractivity (Wildman–Crippen MR) is 75.4 cm³/mol. The maximum absolute atomic E-state index is 11.5. The van der Waals surface area contributed by atoms with Gasteiger partial charge in [0.25, 0.3) is 0 Å². The Balaban J connectivity index is 2.42. The lowest BCUT2D eigenvalue weighted by molar-refractivity contribution is -0.121. The largest absolute Gasteiger partial charge is 0.496 e. The van der Waals surface area contributed by atoms with Crippen LogP contribution in [0.3, 0.4) is 0 Å². The van der Waals surface area contributed by atoms with Crippen molar-refractivity contribution < 1.29 is 9.53 Å². The number of aromatic nitrogens is 1. The van der Waals surface area contributed by atoms with Gasteiger partial charge in [0.1, 0.15) is 17.6 Å². The average Bonchev–Trinajstić information content (AvgIpc) is 2.46. The van der Waals surface area contributed by atoms with Gasteiger partial charge < -0.3 is 15.4 Å². The highest BCUT2D eigenvalue weighted by molar-refractivity contribution is 5.97. The van der Waals surface area contributed by atoms with Crippen LogP contribution in [0.4, 0.5) is 5.82 Å². The molecule has 0 saturated carbocycles. The second-order valence-electron chi connectivity index (χ2n) is 4.20. The molecule has 0 aliphatic carbocycles. The Bertz CT molecular complexity index is 598. The molecule has 0 saturated heterocycles. The molecule has 0 fully saturated rings. The maximum atomic E-state index is 11.5. The van der Waals surface area contributed by atoms with Crippen molar-refractivity contribution in [1.29, 1.82) is 0 Å². The molecule has 100 valence electrons. The summed E-state index contributed by atoms with van der Waals surface area (Å²) >= 11 is 0. The van der Waals surface area contributed by atoms with E-state index in [0.29, 0.717) is 5.82 Å². The molecule has 2 N–H and O–H groups in total. The van der Waals surface area contributed by atoms with Crippen LogP contribution in [0.15, 0.2) is 30.5 Å². The SMILES string of the molecule is CNC(=O)C(C)Nc1nccc2c(OC)cccc12. The first-order chi connectivity index (χ1) is 9.17. The number of hydrogen-bond acceptors (Lipinski definition) is 4. The zero-order chi connectivity index (χ0) is 13.8. The Labute approximate surface area is 112 Å². The minimum Gasteiger partial charge on any atom is -0.496 e. The van der Waals surface area contributed by atoms with Gasteiger partial charge in [0, 0.05) is 24.0 Å². The standard InChI is InChI=1S/C14H17N3O2/c1-9(14(18)15-2)17-13-11-5-4-6-12(19-3)10(11)7-8-16-13/h4-9H,1-3H3,(H,15,18)(H,16,17). The first-order valence-electron chi connectivity index (χ1n) is 6.07. The van der Waals surface area contributed by atoms with Crippen LogP contribution in [0.1, 0.15) is 6.92 Å². The molecular weight excluding hydrogens is 242 g/mol. The smallest absolute Gasteiger partial charge is 0.241 e. The summed E-state index contributed by atoms with van der Waals surface area (Å²) in [6, 6.07) is 7.29. The Hall–Kier alpha value is -2.30. The van der Waals surface area contributed by atoms with Crippen molar-refractivity contribution in [3.8, 4) is 5.75 Å². The Kier molecular flexibility index (Phi) is 3.85. The van der Waals surface area contributed by atoms with E-state index in [4.69, 9.17) is 4.74 Å². The minimum absolute atomic E-state index is 0.0818. The summed E-state index contributed by atoms with van der Waals surface area (Å²) in [7, 11) is 3.25. The summed E-state index contributed by atoms with van der Waals surface area (Å²) in [5.41, 5.74) is 0. The fourth-order valence-electron chi connectivity index (χ4n) is 1.96. The molecule has 1 aromatic heterocycles. The molecule has 1 atom stereocenters. The van der Waals surface area contributed by atoms with Crippen molar-refractivity contribution in [2.24, 2.45) is 0 Å². The van der Waals surface area contributed by atoms with Gasteiger partial charge >= 0.3 is 0 Å². The number of carbonyl (C=O) groups excluding carboxylic acids is 1. The molecule has 0 radical (unpaired) electrons. The van der Waals surface area contributed by atoms with Gasteiger partial charge in [-0.2, -0.15) is 0 Å². The van der Waals surface area contributed by atoms with Gasteiger partial charge in [-0.05, 0) is 19.1 Å². The van der Waals surface area contributed by atoms with Gasteiger partial charge in [-0.3, -0.25) is 4.79 Å². The molecule has 0 bridgehead atoms. The van der Waals surface area contributed by atoms with Crippen molar-refractivity contribution >= 4 is 22.5 Å². The summed E-state index contributed by atoms with van der Waals surface area (Å²) in [5, 5.41) is 7.60. The summed E-state index contributed by atoms with van der Waals surface area (Å²) in [4.78, 5) is 15.8. The highest BCUT2D eigenvalue weighted by Gasteiger charge is 2.13. The van der Waals surface area contributed by atoms with Gasteiger partial charge in [0.15, 0.2) is 0 Å². The fraction of sp³-hybridized carbons (Fsp3) is 0.286. The number of likely N-dealkylation sites (N-methyl/N-ethyl adjacent to an activating group) is 1. The number of ether oxygens (including phenoxy) is 1. The fourth-order valence-corrected chi connectivity index (χ4v) is 1.96. The number of fused-ring (bicyclic) bond motifs is 1. The number of methoxy groups -OCH3 is 1. The van der Waals surface area contributed by atoms with E-state index in [0.717, 1.165) is 16.5 Å². The average molecular weight is 259 g/mol. The van der Waals surface area contributed by atoms with Crippen LogP contribution in [0.5, 0.6) is 5.75 Å². The first-order valence-corrected chi connectivity index (χ1v) is 6.07. The van der Waals surface area contributed by atoms with E-state index in [1.54, 1.807) is 27.3 Å². The van der Waals surface area contributed by atoms with Crippen molar-refractivity contribution in [2.75, 3.05) is 19.5 Å². The van der Waals surface area contributed by atoms with Crippen LogP contribution in [0, 0.1) is 0 Å². The number of rotatable bonds is 4. The number of nitrogens with one attached hydrogen (secondary N) is 2. The predicted octanol–water partition coefficient (Wildman–Crippen LogP) is 1.79. The van der Waals surface area contributed by atoms with E-state index in [1.165, 1.54) is 0 Å².